The smallest absolute Gasteiger partial charge is 0.185 e. The van der Waals surface area contributed by atoms with Crippen molar-refractivity contribution in [3.05, 3.63) is 0 Å². The average Bonchev–Trinajstić information content (AvgIpc) is 2.81. The van der Waals surface area contributed by atoms with E-state index in [1.165, 1.54) is 11.5 Å². The fourth-order valence-electron chi connectivity index (χ4n) is 2.71. The summed E-state index contributed by atoms with van der Waals surface area (Å²) < 4.78 is 29.0. The molecule has 8 heteroatoms. The second-order valence-corrected chi connectivity index (χ2v) is 8.52. The summed E-state index contributed by atoms with van der Waals surface area (Å²) in [7, 11) is 0.771. The van der Waals surface area contributed by atoms with Gasteiger partial charge in [-0.15, -0.1) is 0 Å². The van der Waals surface area contributed by atoms with Crippen molar-refractivity contribution < 1.29 is 8.42 Å². The first kappa shape index (κ1) is 16.5. The molecular formula is C13H24N4O2S2. The van der Waals surface area contributed by atoms with Crippen molar-refractivity contribution in [1.29, 1.82) is 0 Å². The van der Waals surface area contributed by atoms with Crippen LogP contribution in [0.5, 0.6) is 0 Å². The van der Waals surface area contributed by atoms with Gasteiger partial charge in [-0.05, 0) is 44.9 Å². The molecule has 6 nitrogen and oxygen atoms in total. The van der Waals surface area contributed by atoms with Gasteiger partial charge in [-0.3, -0.25) is 0 Å². The van der Waals surface area contributed by atoms with E-state index in [9.17, 15) is 8.42 Å². The lowest BCUT2D eigenvalue weighted by molar-refractivity contribution is 0.258. The van der Waals surface area contributed by atoms with E-state index < -0.39 is 9.84 Å². The van der Waals surface area contributed by atoms with E-state index in [1.807, 2.05) is 6.92 Å². The Morgan fingerprint density at radius 2 is 2.19 bits per heavy atom. The number of aromatic nitrogens is 1. The van der Waals surface area contributed by atoms with E-state index in [-0.39, 0.29) is 16.5 Å². The van der Waals surface area contributed by atoms with Crippen molar-refractivity contribution >= 4 is 32.2 Å². The molecule has 21 heavy (non-hydrogen) atoms. The highest BCUT2D eigenvalue weighted by Gasteiger charge is 2.31. The van der Waals surface area contributed by atoms with Crippen LogP contribution in [0.25, 0.3) is 0 Å². The minimum atomic E-state index is -3.35. The maximum atomic E-state index is 12.4. The zero-order valence-corrected chi connectivity index (χ0v) is 14.5. The molecule has 1 atom stereocenters. The molecule has 0 aliphatic carbocycles. The number of anilines is 2. The molecule has 1 unspecified atom stereocenters. The predicted octanol–water partition coefficient (Wildman–Crippen LogP) is 1.44. The van der Waals surface area contributed by atoms with Gasteiger partial charge >= 0.3 is 0 Å². The number of rotatable bonds is 5. The molecule has 0 bridgehead atoms. The lowest BCUT2D eigenvalue weighted by atomic mass is 10.1. The van der Waals surface area contributed by atoms with Crippen LogP contribution in [-0.2, 0) is 9.84 Å². The Morgan fingerprint density at radius 3 is 2.81 bits per heavy atom. The summed E-state index contributed by atoms with van der Waals surface area (Å²) in [5, 5.41) is 0.715. The normalized spacial score (nSPS) is 20.2. The molecule has 0 radical (unpaired) electrons. The third kappa shape index (κ3) is 3.49. The number of hydrogen-bond donors (Lipinski definition) is 1. The second kappa shape index (κ2) is 6.50. The van der Waals surface area contributed by atoms with Crippen LogP contribution in [0, 0.1) is 0 Å². The molecule has 1 saturated heterocycles. The first-order valence-corrected chi connectivity index (χ1v) is 9.68. The van der Waals surface area contributed by atoms with Gasteiger partial charge in [0.05, 0.1) is 5.75 Å². The van der Waals surface area contributed by atoms with Gasteiger partial charge in [0.2, 0.25) is 0 Å². The summed E-state index contributed by atoms with van der Waals surface area (Å²) in [6.45, 7) is 3.54. The van der Waals surface area contributed by atoms with Gasteiger partial charge in [-0.25, -0.2) is 8.42 Å². The monoisotopic (exact) mass is 332 g/mol. The number of hydrogen-bond acceptors (Lipinski definition) is 7. The molecule has 2 N–H and O–H groups in total. The zero-order valence-electron chi connectivity index (χ0n) is 12.9. The van der Waals surface area contributed by atoms with E-state index in [0.29, 0.717) is 17.5 Å². The molecule has 2 heterocycles. The number of nitrogen functional groups attached to an aromatic ring is 1. The summed E-state index contributed by atoms with van der Waals surface area (Å²) in [5.74, 6) is 0.267. The topological polar surface area (TPSA) is 79.5 Å². The SMILES string of the molecule is CCCS(=O)(=O)c1c(N)nsc1N1CCCC(N(C)C)C1. The molecule has 0 amide bonds. The Hall–Kier alpha value is -0.860. The number of likely N-dealkylation sites (N-methyl/N-ethyl adjacent to an activating group) is 1. The van der Waals surface area contributed by atoms with Gasteiger partial charge in [0.1, 0.15) is 9.90 Å². The molecule has 1 aliphatic heterocycles. The molecule has 1 aromatic heterocycles. The Morgan fingerprint density at radius 1 is 1.48 bits per heavy atom. The molecule has 1 aliphatic rings. The summed E-state index contributed by atoms with van der Waals surface area (Å²) >= 11 is 1.20. The maximum Gasteiger partial charge on any atom is 0.185 e. The van der Waals surface area contributed by atoms with Crippen molar-refractivity contribution in [3.63, 3.8) is 0 Å². The summed E-state index contributed by atoms with van der Waals surface area (Å²) in [6.07, 6.45) is 2.76. The molecule has 0 aromatic carbocycles. The first-order chi connectivity index (χ1) is 9.86. The molecule has 1 aromatic rings. The number of nitrogens with two attached hydrogens (primary N) is 1. The highest BCUT2D eigenvalue weighted by atomic mass is 32.2. The minimum absolute atomic E-state index is 0.119. The Balaban J connectivity index is 2.33. The molecule has 120 valence electrons. The number of sulfone groups is 1. The lowest BCUT2D eigenvalue weighted by Crippen LogP contribution is -2.45. The van der Waals surface area contributed by atoms with Crippen LogP contribution in [0.15, 0.2) is 4.90 Å². The number of nitrogens with zero attached hydrogens (tertiary/aromatic N) is 3. The average molecular weight is 332 g/mol. The summed E-state index contributed by atoms with van der Waals surface area (Å²) in [5.41, 5.74) is 5.84. The Labute approximate surface area is 131 Å². The van der Waals surface area contributed by atoms with Gasteiger partial charge < -0.3 is 15.5 Å². The fraction of sp³-hybridized carbons (Fsp3) is 0.769. The molecule has 0 saturated carbocycles. The first-order valence-electron chi connectivity index (χ1n) is 7.26. The van der Waals surface area contributed by atoms with Gasteiger partial charge in [0.15, 0.2) is 15.7 Å². The van der Waals surface area contributed by atoms with E-state index >= 15 is 0 Å². The molecule has 0 spiro atoms. The fourth-order valence-corrected chi connectivity index (χ4v) is 5.51. The van der Waals surface area contributed by atoms with Crippen molar-refractivity contribution in [3.8, 4) is 0 Å². The summed E-state index contributed by atoms with van der Waals surface area (Å²) in [6, 6.07) is 0.434. The van der Waals surface area contributed by atoms with E-state index in [0.717, 1.165) is 25.9 Å². The highest BCUT2D eigenvalue weighted by Crippen LogP contribution is 2.37. The quantitative estimate of drug-likeness (QED) is 0.879. The zero-order chi connectivity index (χ0) is 15.6. The highest BCUT2D eigenvalue weighted by molar-refractivity contribution is 7.91. The van der Waals surface area contributed by atoms with Crippen LogP contribution in [0.3, 0.4) is 0 Å². The molecule has 2 rings (SSSR count). The van der Waals surface area contributed by atoms with Crippen LogP contribution in [0.1, 0.15) is 26.2 Å². The van der Waals surface area contributed by atoms with E-state index in [4.69, 9.17) is 5.73 Å². The largest absolute Gasteiger partial charge is 0.382 e. The Bertz CT molecular complexity index is 583. The Kier molecular flexibility index (Phi) is 5.11. The van der Waals surface area contributed by atoms with E-state index in [1.54, 1.807) is 0 Å². The van der Waals surface area contributed by atoms with Crippen LogP contribution >= 0.6 is 11.5 Å². The van der Waals surface area contributed by atoms with Gasteiger partial charge in [0, 0.05) is 19.1 Å². The van der Waals surface area contributed by atoms with Gasteiger partial charge in [-0.1, -0.05) is 6.92 Å². The van der Waals surface area contributed by atoms with E-state index in [2.05, 4.69) is 28.3 Å². The maximum absolute atomic E-state index is 12.4. The van der Waals surface area contributed by atoms with Crippen LogP contribution in [0.4, 0.5) is 10.8 Å². The standard InChI is InChI=1S/C13H24N4O2S2/c1-4-8-21(18,19)11-12(14)15-20-13(11)17-7-5-6-10(9-17)16(2)3/h10H,4-9H2,1-3H3,(H2,14,15). The van der Waals surface area contributed by atoms with Crippen molar-refractivity contribution in [2.75, 3.05) is 43.6 Å². The lowest BCUT2D eigenvalue weighted by Gasteiger charge is -2.36. The predicted molar refractivity (Wildman–Crippen MR) is 87.8 cm³/mol. The molecular weight excluding hydrogens is 308 g/mol. The summed E-state index contributed by atoms with van der Waals surface area (Å²) in [4.78, 5) is 4.57. The minimum Gasteiger partial charge on any atom is -0.382 e. The van der Waals surface area contributed by atoms with Gasteiger partial charge in [0.25, 0.3) is 0 Å². The van der Waals surface area contributed by atoms with Crippen LogP contribution in [-0.4, -0.2) is 56.7 Å². The van der Waals surface area contributed by atoms with Gasteiger partial charge in [-0.2, -0.15) is 4.37 Å². The van der Waals surface area contributed by atoms with Crippen molar-refractivity contribution in [1.82, 2.24) is 9.27 Å². The van der Waals surface area contributed by atoms with Crippen molar-refractivity contribution in [2.45, 2.75) is 37.1 Å². The van der Waals surface area contributed by atoms with Crippen LogP contribution in [0.2, 0.25) is 0 Å². The van der Waals surface area contributed by atoms with Crippen molar-refractivity contribution in [2.24, 2.45) is 0 Å². The number of piperidine rings is 1. The molecule has 1 fully saturated rings. The van der Waals surface area contributed by atoms with Crippen LogP contribution < -0.4 is 10.6 Å². The second-order valence-electron chi connectivity index (χ2n) is 5.73. The third-order valence-electron chi connectivity index (χ3n) is 3.86. The third-order valence-corrected chi connectivity index (χ3v) is 6.88.